The number of hydrogen-bond acceptors (Lipinski definition) is 8. The second-order valence-corrected chi connectivity index (χ2v) is 13.1. The van der Waals surface area contributed by atoms with Crippen LogP contribution in [0.3, 0.4) is 0 Å². The molecule has 0 aromatic rings. The number of aliphatic carboxylic acids is 1. The first kappa shape index (κ1) is 46.2. The van der Waals surface area contributed by atoms with E-state index in [9.17, 15) is 34.1 Å². The summed E-state index contributed by atoms with van der Waals surface area (Å²) in [6.07, 6.45) is 35.3. The lowest BCUT2D eigenvalue weighted by Crippen LogP contribution is -2.43. The molecule has 3 atom stereocenters. The van der Waals surface area contributed by atoms with Crippen LogP contribution in [0.15, 0.2) is 60.8 Å². The van der Waals surface area contributed by atoms with Crippen LogP contribution in [0.2, 0.25) is 0 Å². The molecule has 0 aliphatic carbocycles. The molecule has 280 valence electrons. The first-order chi connectivity index (χ1) is 23.6. The summed E-state index contributed by atoms with van der Waals surface area (Å²) in [7, 11) is -4.74. The van der Waals surface area contributed by atoms with E-state index in [1.54, 1.807) is 0 Å². The molecule has 3 unspecified atom stereocenters. The van der Waals surface area contributed by atoms with Crippen LogP contribution in [-0.4, -0.2) is 64.9 Å². The number of esters is 1. The Bertz CT molecular complexity index is 1070. The first-order valence-electron chi connectivity index (χ1n) is 17.8. The Morgan fingerprint density at radius 3 is 1.73 bits per heavy atom. The van der Waals surface area contributed by atoms with E-state index in [1.165, 1.54) is 0 Å². The van der Waals surface area contributed by atoms with Gasteiger partial charge in [-0.25, -0.2) is 9.36 Å². The van der Waals surface area contributed by atoms with Gasteiger partial charge < -0.3 is 25.2 Å². The highest BCUT2D eigenvalue weighted by Crippen LogP contribution is 2.43. The number of carboxylic acid groups (broad SMARTS) is 1. The summed E-state index contributed by atoms with van der Waals surface area (Å²) < 4.78 is 26.3. The normalized spacial score (nSPS) is 14.7. The number of allylic oxidation sites excluding steroid dienone is 10. The third kappa shape index (κ3) is 32.2. The molecule has 0 aliphatic heterocycles. The van der Waals surface area contributed by atoms with E-state index in [2.05, 4.69) is 77.5 Å². The highest BCUT2D eigenvalue weighted by molar-refractivity contribution is 7.47. The lowest BCUT2D eigenvalue weighted by Gasteiger charge is -2.18. The molecule has 49 heavy (non-hydrogen) atoms. The van der Waals surface area contributed by atoms with Crippen molar-refractivity contribution in [1.29, 1.82) is 0 Å². The van der Waals surface area contributed by atoms with Crippen LogP contribution < -0.4 is 5.32 Å². The van der Waals surface area contributed by atoms with E-state index in [4.69, 9.17) is 9.26 Å². The van der Waals surface area contributed by atoms with Crippen LogP contribution >= 0.6 is 7.82 Å². The Kier molecular flexibility index (Phi) is 30.5. The van der Waals surface area contributed by atoms with Crippen molar-refractivity contribution in [2.45, 2.75) is 135 Å². The third-order valence-corrected chi connectivity index (χ3v) is 8.02. The predicted octanol–water partition coefficient (Wildman–Crippen LogP) is 8.05. The Balaban J connectivity index is 3.91. The molecule has 4 N–H and O–H groups in total. The molecule has 0 aliphatic rings. The monoisotopic (exact) mass is 711 g/mol. The van der Waals surface area contributed by atoms with Crippen molar-refractivity contribution < 1.29 is 47.8 Å². The first-order valence-corrected chi connectivity index (χ1v) is 19.3. The summed E-state index contributed by atoms with van der Waals surface area (Å²) in [5, 5.41) is 21.5. The number of aliphatic hydroxyl groups excluding tert-OH is 1. The molecule has 12 heteroatoms. The van der Waals surface area contributed by atoms with Crippen LogP contribution in [-0.2, 0) is 32.7 Å². The number of nitrogens with one attached hydrogen (secondary N) is 1. The maximum atomic E-state index is 12.2. The average molecular weight is 712 g/mol. The fourth-order valence-corrected chi connectivity index (χ4v) is 5.03. The van der Waals surface area contributed by atoms with Crippen LogP contribution in [0.25, 0.3) is 0 Å². The topological polar surface area (TPSA) is 169 Å². The third-order valence-electron chi connectivity index (χ3n) is 7.07. The number of hydrogen-bond donors (Lipinski definition) is 4. The van der Waals surface area contributed by atoms with Gasteiger partial charge in [0.05, 0.1) is 13.2 Å². The van der Waals surface area contributed by atoms with Gasteiger partial charge in [0.2, 0.25) is 5.91 Å². The fourth-order valence-electron chi connectivity index (χ4n) is 4.26. The van der Waals surface area contributed by atoms with Crippen molar-refractivity contribution in [2.75, 3.05) is 19.8 Å². The van der Waals surface area contributed by atoms with Gasteiger partial charge in [-0.2, -0.15) is 0 Å². The molecule has 0 heterocycles. The maximum absolute atomic E-state index is 12.2. The van der Waals surface area contributed by atoms with Crippen molar-refractivity contribution in [2.24, 2.45) is 0 Å². The largest absolute Gasteiger partial charge is 0.480 e. The van der Waals surface area contributed by atoms with Gasteiger partial charge in [0, 0.05) is 12.8 Å². The molecule has 0 spiro atoms. The molecular weight excluding hydrogens is 649 g/mol. The smallest absolute Gasteiger partial charge is 0.472 e. The average Bonchev–Trinajstić information content (AvgIpc) is 3.07. The second kappa shape index (κ2) is 32.4. The molecular formula is C37H62NO10P. The highest BCUT2D eigenvalue weighted by Gasteiger charge is 2.28. The van der Waals surface area contributed by atoms with Gasteiger partial charge >= 0.3 is 19.8 Å². The minimum Gasteiger partial charge on any atom is -0.480 e. The molecule has 0 aromatic carbocycles. The number of rotatable bonds is 32. The van der Waals surface area contributed by atoms with Crippen molar-refractivity contribution in [3.05, 3.63) is 60.8 Å². The van der Waals surface area contributed by atoms with Crippen LogP contribution in [0.1, 0.15) is 123 Å². The zero-order valence-electron chi connectivity index (χ0n) is 29.7. The summed E-state index contributed by atoms with van der Waals surface area (Å²) in [5.41, 5.74) is 0. The fraction of sp³-hybridized carbons (Fsp3) is 0.649. The van der Waals surface area contributed by atoms with Crippen LogP contribution in [0.5, 0.6) is 0 Å². The van der Waals surface area contributed by atoms with Gasteiger partial charge in [0.15, 0.2) is 6.04 Å². The van der Waals surface area contributed by atoms with Crippen molar-refractivity contribution in [1.82, 2.24) is 5.32 Å². The van der Waals surface area contributed by atoms with Gasteiger partial charge in [0.25, 0.3) is 0 Å². The lowest BCUT2D eigenvalue weighted by atomic mass is 10.1. The predicted molar refractivity (Wildman–Crippen MR) is 194 cm³/mol. The Morgan fingerprint density at radius 1 is 0.673 bits per heavy atom. The number of carbonyl (C=O) groups excluding carboxylic acids is 2. The summed E-state index contributed by atoms with van der Waals surface area (Å²) in [4.78, 5) is 45.0. The summed E-state index contributed by atoms with van der Waals surface area (Å²) >= 11 is 0. The number of ether oxygens (including phenoxy) is 1. The molecule has 0 radical (unpaired) electrons. The zero-order valence-corrected chi connectivity index (χ0v) is 30.6. The number of carbonyl (C=O) groups is 3. The van der Waals surface area contributed by atoms with Crippen LogP contribution in [0.4, 0.5) is 0 Å². The number of carboxylic acids is 1. The van der Waals surface area contributed by atoms with E-state index in [0.717, 1.165) is 83.5 Å². The zero-order chi connectivity index (χ0) is 36.4. The van der Waals surface area contributed by atoms with Crippen molar-refractivity contribution in [3.63, 3.8) is 0 Å². The number of unbranched alkanes of at least 4 members (excludes halogenated alkanes) is 8. The standard InChI is InChI=1S/C37H62NO10P/c1-3-5-7-8-9-10-11-12-13-14-15-16-17-18-19-20-21-22-23-24-25-26-27-28-35(40)38-34(37(42)43)32-48-49(44,45)47-31-33(39)30-46-36(41)29-6-4-2/h5,7,9-10,12-13,15-16,18-19,33-34,39H,3-4,6,8,11,14,17,20-32H2,1-2H3,(H,38,40)(H,42,43)(H,44,45)/b7-5-,10-9-,13-12-,16-15-,19-18-. The van der Waals surface area contributed by atoms with E-state index in [0.29, 0.717) is 12.8 Å². The van der Waals surface area contributed by atoms with Gasteiger partial charge in [-0.3, -0.25) is 18.6 Å². The molecule has 0 fully saturated rings. The minimum absolute atomic E-state index is 0.129. The number of aliphatic hydroxyl groups is 1. The second-order valence-electron chi connectivity index (χ2n) is 11.7. The summed E-state index contributed by atoms with van der Waals surface area (Å²) in [5.74, 6) is -2.44. The highest BCUT2D eigenvalue weighted by atomic mass is 31.2. The van der Waals surface area contributed by atoms with Crippen molar-refractivity contribution in [3.8, 4) is 0 Å². The Hall–Kier alpha value is -2.82. The minimum atomic E-state index is -4.74. The summed E-state index contributed by atoms with van der Waals surface area (Å²) in [6.45, 7) is 2.14. The van der Waals surface area contributed by atoms with E-state index in [-0.39, 0.29) is 12.8 Å². The van der Waals surface area contributed by atoms with E-state index in [1.807, 2.05) is 6.92 Å². The van der Waals surface area contributed by atoms with Gasteiger partial charge in [-0.1, -0.05) is 113 Å². The molecule has 0 rings (SSSR count). The van der Waals surface area contributed by atoms with E-state index < -0.39 is 57.6 Å². The molecule has 0 saturated heterocycles. The number of phosphoric acid groups is 1. The molecule has 0 bridgehead atoms. The van der Waals surface area contributed by atoms with Gasteiger partial charge in [-0.05, 0) is 57.8 Å². The molecule has 1 amide bonds. The Labute approximate surface area is 294 Å². The molecule has 0 saturated carbocycles. The summed E-state index contributed by atoms with van der Waals surface area (Å²) in [6, 6.07) is -1.55. The molecule has 0 aromatic heterocycles. The van der Waals surface area contributed by atoms with Gasteiger partial charge in [0.1, 0.15) is 12.7 Å². The maximum Gasteiger partial charge on any atom is 0.472 e. The SMILES string of the molecule is CC/C=C\C/C=C\C/C=C\C/C=C\C/C=C\CCCCCCCCCC(=O)NC(COP(=O)(O)OCC(O)COC(=O)CCCC)C(=O)O. The van der Waals surface area contributed by atoms with Crippen molar-refractivity contribution >= 4 is 25.7 Å². The van der Waals surface area contributed by atoms with Crippen LogP contribution in [0, 0.1) is 0 Å². The molecule has 11 nitrogen and oxygen atoms in total. The van der Waals surface area contributed by atoms with E-state index >= 15 is 0 Å². The Morgan fingerprint density at radius 2 is 1.18 bits per heavy atom. The number of phosphoric ester groups is 1. The number of amides is 1. The quantitative estimate of drug-likeness (QED) is 0.0232. The lowest BCUT2D eigenvalue weighted by molar-refractivity contribution is -0.147. The van der Waals surface area contributed by atoms with Gasteiger partial charge in [-0.15, -0.1) is 0 Å².